The Morgan fingerprint density at radius 1 is 1.00 bits per heavy atom. The average Bonchev–Trinajstić information content (AvgIpc) is 3.38. The lowest BCUT2D eigenvalue weighted by molar-refractivity contribution is -0.000655. The fraction of sp³-hybridized carbons (Fsp3) is 0.375. The van der Waals surface area contributed by atoms with Gasteiger partial charge < -0.3 is 19.7 Å². The van der Waals surface area contributed by atoms with Crippen LogP contribution in [0.5, 0.6) is 5.88 Å². The molecule has 1 amide bonds. The Balaban J connectivity index is 1.40. The minimum absolute atomic E-state index is 0.139. The molecule has 3 aromatic heterocycles. The number of amides is 1. The van der Waals surface area contributed by atoms with Gasteiger partial charge in [0.1, 0.15) is 17.2 Å². The van der Waals surface area contributed by atoms with Gasteiger partial charge in [-0.05, 0) is 88.8 Å². The van der Waals surface area contributed by atoms with Gasteiger partial charge >= 0.3 is 0 Å². The molecule has 0 atom stereocenters. The second kappa shape index (κ2) is 13.7. The molecule has 0 unspecified atom stereocenters. The van der Waals surface area contributed by atoms with E-state index >= 15 is 0 Å². The summed E-state index contributed by atoms with van der Waals surface area (Å²) in [7, 11) is 4.05. The summed E-state index contributed by atoms with van der Waals surface area (Å²) in [5, 5.41) is 2.76. The van der Waals surface area contributed by atoms with E-state index in [2.05, 4.69) is 20.2 Å². The summed E-state index contributed by atoms with van der Waals surface area (Å²) >= 11 is 0. The Labute approximate surface area is 245 Å². The van der Waals surface area contributed by atoms with E-state index in [1.54, 1.807) is 16.8 Å². The van der Waals surface area contributed by atoms with E-state index < -0.39 is 5.82 Å². The molecule has 9 nitrogen and oxygen atoms in total. The zero-order valence-corrected chi connectivity index (χ0v) is 24.8. The molecule has 4 aromatic rings. The number of aromatic nitrogens is 3. The second-order valence-corrected chi connectivity index (χ2v) is 11.3. The Bertz CT molecular complexity index is 1530. The third kappa shape index (κ3) is 8.43. The van der Waals surface area contributed by atoms with E-state index in [1.807, 2.05) is 59.1 Å². The molecule has 3 heterocycles. The van der Waals surface area contributed by atoms with Crippen molar-refractivity contribution in [1.29, 1.82) is 0 Å². The van der Waals surface area contributed by atoms with Crippen LogP contribution in [0.4, 0.5) is 4.39 Å². The van der Waals surface area contributed by atoms with Crippen molar-refractivity contribution in [2.24, 2.45) is 0 Å². The highest BCUT2D eigenvalue weighted by Crippen LogP contribution is 2.23. The van der Waals surface area contributed by atoms with Crippen molar-refractivity contribution in [3.8, 4) is 17.0 Å². The van der Waals surface area contributed by atoms with Gasteiger partial charge in [0.15, 0.2) is 5.78 Å². The zero-order chi connectivity index (χ0) is 30.3. The number of ketones is 1. The molecule has 10 heteroatoms. The van der Waals surface area contributed by atoms with Crippen LogP contribution in [0.3, 0.4) is 0 Å². The third-order valence-corrected chi connectivity index (χ3v) is 6.45. The second-order valence-electron chi connectivity index (χ2n) is 11.3. The van der Waals surface area contributed by atoms with Gasteiger partial charge in [0.2, 0.25) is 5.88 Å². The summed E-state index contributed by atoms with van der Waals surface area (Å²) in [6, 6.07) is 11.5. The highest BCUT2D eigenvalue weighted by atomic mass is 19.1. The fourth-order valence-electron chi connectivity index (χ4n) is 4.30. The highest BCUT2D eigenvalue weighted by Gasteiger charge is 2.18. The van der Waals surface area contributed by atoms with E-state index in [-0.39, 0.29) is 34.8 Å². The zero-order valence-electron chi connectivity index (χ0n) is 24.8. The minimum atomic E-state index is -0.551. The molecule has 1 N–H and O–H groups in total. The molecule has 222 valence electrons. The summed E-state index contributed by atoms with van der Waals surface area (Å²) in [6.07, 6.45) is 5.68. The Kier molecular flexibility index (Phi) is 10.0. The van der Waals surface area contributed by atoms with Crippen molar-refractivity contribution >= 4 is 17.3 Å². The fourth-order valence-corrected chi connectivity index (χ4v) is 4.30. The van der Waals surface area contributed by atoms with Gasteiger partial charge in [0, 0.05) is 49.1 Å². The topological polar surface area (TPSA) is 98.1 Å². The number of carbonyl (C=O) groups excluding carboxylic acids is 2. The summed E-state index contributed by atoms with van der Waals surface area (Å²) in [4.78, 5) is 36.7. The normalized spacial score (nSPS) is 11.7. The van der Waals surface area contributed by atoms with Gasteiger partial charge in [-0.1, -0.05) is 0 Å². The first kappa shape index (κ1) is 30.8. The third-order valence-electron chi connectivity index (χ3n) is 6.45. The lowest BCUT2D eigenvalue weighted by Crippen LogP contribution is -2.30. The molecular formula is C32H38FN5O4. The number of Topliss-reactive ketones (excluding diaryl/α,β-unsaturated/α-hetero) is 1. The number of ether oxygens (including phenoxy) is 2. The van der Waals surface area contributed by atoms with E-state index in [9.17, 15) is 14.0 Å². The molecule has 0 saturated carbocycles. The summed E-state index contributed by atoms with van der Waals surface area (Å²) in [6.45, 7) is 8.00. The molecule has 0 aliphatic rings. The van der Waals surface area contributed by atoms with E-state index in [4.69, 9.17) is 9.47 Å². The first-order valence-corrected chi connectivity index (χ1v) is 13.9. The molecular weight excluding hydrogens is 537 g/mol. The molecule has 0 radical (unpaired) electrons. The number of rotatable bonds is 13. The molecule has 0 saturated heterocycles. The van der Waals surface area contributed by atoms with Crippen molar-refractivity contribution in [3.63, 3.8) is 0 Å². The van der Waals surface area contributed by atoms with Crippen molar-refractivity contribution in [2.45, 2.75) is 39.2 Å². The molecule has 0 spiro atoms. The van der Waals surface area contributed by atoms with Gasteiger partial charge in [-0.15, -0.1) is 0 Å². The molecule has 0 aliphatic carbocycles. The largest absolute Gasteiger partial charge is 0.478 e. The summed E-state index contributed by atoms with van der Waals surface area (Å²) in [5.74, 6) is -0.662. The number of nitrogens with zero attached hydrogens (tertiary/aromatic N) is 4. The Morgan fingerprint density at radius 2 is 1.81 bits per heavy atom. The maximum atomic E-state index is 14.6. The van der Waals surface area contributed by atoms with Crippen LogP contribution < -0.4 is 10.1 Å². The maximum Gasteiger partial charge on any atom is 0.251 e. The average molecular weight is 576 g/mol. The Hall–Kier alpha value is -4.15. The van der Waals surface area contributed by atoms with Gasteiger partial charge in [0.25, 0.3) is 5.91 Å². The van der Waals surface area contributed by atoms with Crippen LogP contribution >= 0.6 is 0 Å². The number of nitrogens with one attached hydrogen (secondary N) is 1. The molecule has 1 aromatic carbocycles. The standard InChI is InChI=1S/C32H38FN5O4/c1-32(2,3)42-16-12-34-31(40)23-7-9-26(33)25(17-23)18-28(39)27-21-35-29-19-22(11-14-38(27)29)24-8-10-30(36-20-24)41-15-6-13-37(4)5/h7-11,14,17,19-21H,6,12-13,15-16,18H2,1-5H3,(H,34,40). The highest BCUT2D eigenvalue weighted by molar-refractivity contribution is 5.98. The number of halogens is 1. The molecule has 0 fully saturated rings. The van der Waals surface area contributed by atoms with Crippen molar-refractivity contribution in [2.75, 3.05) is 40.4 Å². The van der Waals surface area contributed by atoms with Crippen LogP contribution in [0.1, 0.15) is 53.6 Å². The smallest absolute Gasteiger partial charge is 0.251 e. The van der Waals surface area contributed by atoms with Crippen LogP contribution in [0, 0.1) is 5.82 Å². The molecule has 0 aliphatic heterocycles. The van der Waals surface area contributed by atoms with Crippen LogP contribution in [-0.4, -0.2) is 77.0 Å². The van der Waals surface area contributed by atoms with Crippen molar-refractivity contribution in [3.05, 3.63) is 83.7 Å². The monoisotopic (exact) mass is 575 g/mol. The van der Waals surface area contributed by atoms with Crippen LogP contribution in [0.2, 0.25) is 0 Å². The van der Waals surface area contributed by atoms with Gasteiger partial charge in [-0.2, -0.15) is 0 Å². The summed E-state index contributed by atoms with van der Waals surface area (Å²) < 4.78 is 27.6. The van der Waals surface area contributed by atoms with E-state index in [1.165, 1.54) is 24.4 Å². The number of hydrogen-bond donors (Lipinski definition) is 1. The number of hydrogen-bond acceptors (Lipinski definition) is 7. The van der Waals surface area contributed by atoms with Gasteiger partial charge in [-0.3, -0.25) is 14.0 Å². The van der Waals surface area contributed by atoms with E-state index in [0.29, 0.717) is 37.0 Å². The van der Waals surface area contributed by atoms with E-state index in [0.717, 1.165) is 24.1 Å². The molecule has 4 rings (SSSR count). The van der Waals surface area contributed by atoms with Crippen molar-refractivity contribution in [1.82, 2.24) is 24.6 Å². The minimum Gasteiger partial charge on any atom is -0.478 e. The maximum absolute atomic E-state index is 14.6. The number of carbonyl (C=O) groups is 2. The SMILES string of the molecule is CN(C)CCCOc1ccc(-c2ccn3c(C(=O)Cc4cc(C(=O)NCCOC(C)(C)C)ccc4F)cnc3c2)cn1. The van der Waals surface area contributed by atoms with Gasteiger partial charge in [-0.25, -0.2) is 14.4 Å². The molecule has 42 heavy (non-hydrogen) atoms. The number of imidazole rings is 1. The first-order chi connectivity index (χ1) is 20.0. The van der Waals surface area contributed by atoms with Crippen molar-refractivity contribution < 1.29 is 23.5 Å². The lowest BCUT2D eigenvalue weighted by atomic mass is 10.0. The summed E-state index contributed by atoms with van der Waals surface area (Å²) in [5.41, 5.74) is 2.77. The van der Waals surface area contributed by atoms with Gasteiger partial charge in [0.05, 0.1) is 25.0 Å². The Morgan fingerprint density at radius 3 is 2.52 bits per heavy atom. The predicted molar refractivity (Wildman–Crippen MR) is 160 cm³/mol. The first-order valence-electron chi connectivity index (χ1n) is 13.9. The van der Waals surface area contributed by atoms with Crippen LogP contribution in [0.25, 0.3) is 16.8 Å². The van der Waals surface area contributed by atoms with Crippen LogP contribution in [-0.2, 0) is 11.2 Å². The predicted octanol–water partition coefficient (Wildman–Crippen LogP) is 4.84. The quantitative estimate of drug-likeness (QED) is 0.180. The lowest BCUT2D eigenvalue weighted by Gasteiger charge is -2.19. The number of pyridine rings is 2. The number of benzene rings is 1. The van der Waals surface area contributed by atoms with Crippen LogP contribution in [0.15, 0.2) is 61.1 Å². The molecule has 0 bridgehead atoms. The number of fused-ring (bicyclic) bond motifs is 1.